The first kappa shape index (κ1) is 23.4. The summed E-state index contributed by atoms with van der Waals surface area (Å²) in [5.74, 6) is 0.310. The van der Waals surface area contributed by atoms with Crippen molar-refractivity contribution in [2.24, 2.45) is 0 Å². The summed E-state index contributed by atoms with van der Waals surface area (Å²) in [6.07, 6.45) is -3.20. The SMILES string of the molecule is Cc1ccc(-c2ccccc2)c(C(=O)N2CCCC2(C)c2nc3cc(C(F)(F)F)c(Cl)cc3[nH]2)c1. The molecule has 0 radical (unpaired) electrons. The highest BCUT2D eigenvalue weighted by atomic mass is 35.5. The van der Waals surface area contributed by atoms with Gasteiger partial charge in [-0.25, -0.2) is 4.98 Å². The van der Waals surface area contributed by atoms with E-state index in [2.05, 4.69) is 9.97 Å². The normalized spacial score (nSPS) is 18.4. The van der Waals surface area contributed by atoms with Crippen LogP contribution in [0.1, 0.15) is 47.1 Å². The summed E-state index contributed by atoms with van der Waals surface area (Å²) in [6.45, 7) is 4.36. The Hall–Kier alpha value is -3.32. The molecule has 1 N–H and O–H groups in total. The van der Waals surface area contributed by atoms with Crippen molar-refractivity contribution in [3.05, 3.63) is 88.2 Å². The number of halogens is 4. The van der Waals surface area contributed by atoms with E-state index in [0.29, 0.717) is 29.9 Å². The molecule has 1 saturated heterocycles. The molecule has 3 aromatic carbocycles. The van der Waals surface area contributed by atoms with Crippen molar-refractivity contribution in [2.75, 3.05) is 6.54 Å². The topological polar surface area (TPSA) is 49.0 Å². The molecule has 0 saturated carbocycles. The van der Waals surface area contributed by atoms with Crippen LogP contribution in [0, 0.1) is 6.92 Å². The third kappa shape index (κ3) is 4.08. The molecule has 1 amide bonds. The zero-order valence-corrected chi connectivity index (χ0v) is 20.0. The lowest BCUT2D eigenvalue weighted by Crippen LogP contribution is -2.43. The first-order valence-electron chi connectivity index (χ1n) is 11.3. The number of fused-ring (bicyclic) bond motifs is 1. The average molecular weight is 498 g/mol. The maximum absolute atomic E-state index is 14.0. The molecule has 0 aliphatic carbocycles. The smallest absolute Gasteiger partial charge is 0.340 e. The number of hydrogen-bond acceptors (Lipinski definition) is 2. The predicted molar refractivity (Wildman–Crippen MR) is 130 cm³/mol. The fourth-order valence-electron chi connectivity index (χ4n) is 4.89. The molecule has 1 aromatic heterocycles. The van der Waals surface area contributed by atoms with Gasteiger partial charge in [0.05, 0.1) is 27.2 Å². The Morgan fingerprint density at radius 3 is 2.57 bits per heavy atom. The molecular weight excluding hydrogens is 475 g/mol. The molecule has 4 aromatic rings. The number of carbonyl (C=O) groups excluding carboxylic acids is 1. The molecule has 5 rings (SSSR count). The van der Waals surface area contributed by atoms with Crippen LogP contribution in [0.25, 0.3) is 22.2 Å². The monoisotopic (exact) mass is 497 g/mol. The number of likely N-dealkylation sites (tertiary alicyclic amines) is 1. The van der Waals surface area contributed by atoms with Crippen molar-refractivity contribution in [2.45, 2.75) is 38.4 Å². The third-order valence-electron chi connectivity index (χ3n) is 6.76. The predicted octanol–water partition coefficient (Wildman–Crippen LogP) is 7.36. The first-order chi connectivity index (χ1) is 16.6. The van der Waals surface area contributed by atoms with E-state index in [4.69, 9.17) is 11.6 Å². The van der Waals surface area contributed by atoms with Crippen molar-refractivity contribution in [1.82, 2.24) is 14.9 Å². The average Bonchev–Trinajstić information content (AvgIpc) is 3.42. The second kappa shape index (κ2) is 8.41. The summed E-state index contributed by atoms with van der Waals surface area (Å²) in [5.41, 5.74) is 2.16. The maximum Gasteiger partial charge on any atom is 0.417 e. The van der Waals surface area contributed by atoms with Crippen LogP contribution in [0.5, 0.6) is 0 Å². The Labute approximate surface area is 205 Å². The van der Waals surface area contributed by atoms with E-state index in [0.717, 1.165) is 29.2 Å². The van der Waals surface area contributed by atoms with Gasteiger partial charge in [0.25, 0.3) is 5.91 Å². The van der Waals surface area contributed by atoms with Gasteiger partial charge in [0.15, 0.2) is 0 Å². The summed E-state index contributed by atoms with van der Waals surface area (Å²) in [6, 6.07) is 17.7. The quantitative estimate of drug-likeness (QED) is 0.321. The number of amides is 1. The molecule has 4 nitrogen and oxygen atoms in total. The molecule has 8 heteroatoms. The van der Waals surface area contributed by atoms with Gasteiger partial charge < -0.3 is 9.88 Å². The summed E-state index contributed by atoms with van der Waals surface area (Å²) in [5, 5.41) is -0.392. The lowest BCUT2D eigenvalue weighted by Gasteiger charge is -2.34. The van der Waals surface area contributed by atoms with Crippen LogP contribution in [-0.2, 0) is 11.7 Å². The van der Waals surface area contributed by atoms with Gasteiger partial charge in [-0.05, 0) is 56.0 Å². The minimum atomic E-state index is -4.58. The van der Waals surface area contributed by atoms with E-state index in [-0.39, 0.29) is 11.4 Å². The zero-order valence-electron chi connectivity index (χ0n) is 19.2. The minimum Gasteiger partial charge on any atom is -0.340 e. The Balaban J connectivity index is 1.57. The fourth-order valence-corrected chi connectivity index (χ4v) is 5.16. The molecule has 35 heavy (non-hydrogen) atoms. The van der Waals surface area contributed by atoms with Crippen LogP contribution in [0.2, 0.25) is 5.02 Å². The number of aromatic amines is 1. The highest BCUT2D eigenvalue weighted by Gasteiger charge is 2.44. The summed E-state index contributed by atoms with van der Waals surface area (Å²) in [4.78, 5) is 23.4. The van der Waals surface area contributed by atoms with E-state index >= 15 is 0 Å². The Bertz CT molecular complexity index is 1430. The van der Waals surface area contributed by atoms with Gasteiger partial charge in [-0.3, -0.25) is 4.79 Å². The van der Waals surface area contributed by atoms with Crippen LogP contribution >= 0.6 is 11.6 Å². The minimum absolute atomic E-state index is 0.137. The van der Waals surface area contributed by atoms with Crippen LogP contribution in [0.15, 0.2) is 60.7 Å². The maximum atomic E-state index is 14.0. The fraction of sp³-hybridized carbons (Fsp3) is 0.259. The zero-order chi connectivity index (χ0) is 25.0. The number of benzene rings is 3. The molecule has 1 atom stereocenters. The Morgan fingerprint density at radius 2 is 1.86 bits per heavy atom. The van der Waals surface area contributed by atoms with E-state index < -0.39 is 22.3 Å². The lowest BCUT2D eigenvalue weighted by atomic mass is 9.94. The van der Waals surface area contributed by atoms with Gasteiger partial charge in [-0.15, -0.1) is 0 Å². The third-order valence-corrected chi connectivity index (χ3v) is 7.08. The van der Waals surface area contributed by atoms with Crippen molar-refractivity contribution in [3.8, 4) is 11.1 Å². The number of rotatable bonds is 3. The summed E-state index contributed by atoms with van der Waals surface area (Å²) >= 11 is 5.91. The molecule has 1 unspecified atom stereocenters. The van der Waals surface area contributed by atoms with Gasteiger partial charge >= 0.3 is 6.18 Å². The molecule has 1 aliphatic rings. The number of H-pyrrole nitrogens is 1. The molecule has 0 bridgehead atoms. The number of aryl methyl sites for hydroxylation is 1. The van der Waals surface area contributed by atoms with E-state index in [1.165, 1.54) is 6.07 Å². The number of imidazole rings is 1. The van der Waals surface area contributed by atoms with Crippen LogP contribution in [0.3, 0.4) is 0 Å². The van der Waals surface area contributed by atoms with Crippen molar-refractivity contribution >= 4 is 28.5 Å². The molecule has 2 heterocycles. The summed E-state index contributed by atoms with van der Waals surface area (Å²) < 4.78 is 40.1. The lowest BCUT2D eigenvalue weighted by molar-refractivity contribution is -0.137. The number of carbonyl (C=O) groups is 1. The molecule has 1 aliphatic heterocycles. The molecular formula is C27H23ClF3N3O. The van der Waals surface area contributed by atoms with Crippen LogP contribution < -0.4 is 0 Å². The summed E-state index contributed by atoms with van der Waals surface area (Å²) in [7, 11) is 0. The molecule has 1 fully saturated rings. The number of nitrogens with zero attached hydrogens (tertiary/aromatic N) is 2. The number of alkyl halides is 3. The van der Waals surface area contributed by atoms with E-state index in [1.54, 1.807) is 4.90 Å². The van der Waals surface area contributed by atoms with Gasteiger partial charge in [0.2, 0.25) is 0 Å². The van der Waals surface area contributed by atoms with E-state index in [9.17, 15) is 18.0 Å². The second-order valence-corrected chi connectivity index (χ2v) is 9.59. The van der Waals surface area contributed by atoms with Crippen LogP contribution in [-0.4, -0.2) is 27.3 Å². The second-order valence-electron chi connectivity index (χ2n) is 9.18. The molecule has 0 spiro atoms. The van der Waals surface area contributed by atoms with Crippen LogP contribution in [0.4, 0.5) is 13.2 Å². The standard InChI is InChI=1S/C27H23ClF3N3O/c1-16-9-10-18(17-7-4-3-5-8-17)19(13-16)24(35)34-12-6-11-26(34,2)25-32-22-14-20(27(29,30)31)21(28)15-23(22)33-25/h3-5,7-10,13-15H,6,11-12H2,1-2H3,(H,32,33). The van der Waals surface area contributed by atoms with Gasteiger partial charge in [0.1, 0.15) is 5.82 Å². The molecule has 180 valence electrons. The van der Waals surface area contributed by atoms with Crippen molar-refractivity contribution in [1.29, 1.82) is 0 Å². The Kier molecular flexibility index (Phi) is 5.63. The van der Waals surface area contributed by atoms with Crippen molar-refractivity contribution in [3.63, 3.8) is 0 Å². The number of aromatic nitrogens is 2. The number of nitrogens with one attached hydrogen (secondary N) is 1. The highest BCUT2D eigenvalue weighted by molar-refractivity contribution is 6.32. The van der Waals surface area contributed by atoms with Gasteiger partial charge in [-0.1, -0.05) is 59.6 Å². The highest BCUT2D eigenvalue weighted by Crippen LogP contribution is 2.42. The van der Waals surface area contributed by atoms with E-state index in [1.807, 2.05) is 62.4 Å². The van der Waals surface area contributed by atoms with Gasteiger partial charge in [-0.2, -0.15) is 13.2 Å². The number of hydrogen-bond donors (Lipinski definition) is 1. The van der Waals surface area contributed by atoms with Crippen molar-refractivity contribution < 1.29 is 18.0 Å². The Morgan fingerprint density at radius 1 is 1.11 bits per heavy atom. The van der Waals surface area contributed by atoms with Gasteiger partial charge in [0, 0.05) is 12.1 Å². The first-order valence-corrected chi connectivity index (χ1v) is 11.7. The largest absolute Gasteiger partial charge is 0.417 e.